The Morgan fingerprint density at radius 3 is 2.04 bits per heavy atom. The molecule has 0 aliphatic heterocycles. The fourth-order valence-electron chi connectivity index (χ4n) is 2.20. The molecule has 0 aromatic rings. The first-order valence-corrected chi connectivity index (χ1v) is 9.77. The minimum atomic E-state index is -1.19. The van der Waals surface area contributed by atoms with E-state index in [1.165, 1.54) is 11.8 Å². The number of carbonyl (C=O) groups excluding carboxylic acids is 2. The van der Waals surface area contributed by atoms with Crippen LogP contribution in [0.5, 0.6) is 0 Å². The lowest BCUT2D eigenvalue weighted by atomic mass is 10.0. The second-order valence-electron chi connectivity index (χ2n) is 6.41. The molecule has 150 valence electrons. The van der Waals surface area contributed by atoms with E-state index in [1.54, 1.807) is 0 Å². The van der Waals surface area contributed by atoms with Crippen molar-refractivity contribution in [3.63, 3.8) is 0 Å². The van der Waals surface area contributed by atoms with Crippen molar-refractivity contribution in [2.24, 2.45) is 11.7 Å². The molecule has 9 nitrogen and oxygen atoms in total. The van der Waals surface area contributed by atoms with Crippen LogP contribution in [0.25, 0.3) is 0 Å². The monoisotopic (exact) mass is 391 g/mol. The van der Waals surface area contributed by atoms with Gasteiger partial charge in [0, 0.05) is 6.42 Å². The van der Waals surface area contributed by atoms with Crippen LogP contribution < -0.4 is 16.4 Å². The van der Waals surface area contributed by atoms with Crippen molar-refractivity contribution in [3.05, 3.63) is 0 Å². The smallest absolute Gasteiger partial charge is 0.326 e. The van der Waals surface area contributed by atoms with Crippen molar-refractivity contribution >= 4 is 35.5 Å². The number of carboxylic acids is 2. The SMILES string of the molecule is CSCC[C@H](NC(=O)[C@H](CCC(=O)O)NC(=O)[C@@H](N)CC(C)C)C(=O)O. The van der Waals surface area contributed by atoms with Gasteiger partial charge in [-0.15, -0.1) is 0 Å². The van der Waals surface area contributed by atoms with Crippen LogP contribution in [-0.4, -0.2) is 64.1 Å². The number of nitrogens with one attached hydrogen (secondary N) is 2. The molecule has 0 saturated carbocycles. The molecule has 0 aliphatic rings. The zero-order valence-corrected chi connectivity index (χ0v) is 16.2. The van der Waals surface area contributed by atoms with Crippen molar-refractivity contribution in [1.82, 2.24) is 10.6 Å². The van der Waals surface area contributed by atoms with Crippen molar-refractivity contribution in [1.29, 1.82) is 0 Å². The Balaban J connectivity index is 5.02. The number of nitrogens with two attached hydrogens (primary N) is 1. The summed E-state index contributed by atoms with van der Waals surface area (Å²) in [6, 6.07) is -3.10. The minimum Gasteiger partial charge on any atom is -0.481 e. The van der Waals surface area contributed by atoms with Crippen molar-refractivity contribution in [2.45, 2.75) is 57.7 Å². The van der Waals surface area contributed by atoms with Gasteiger partial charge in [0.2, 0.25) is 11.8 Å². The highest BCUT2D eigenvalue weighted by Crippen LogP contribution is 2.06. The van der Waals surface area contributed by atoms with Crippen LogP contribution in [0.15, 0.2) is 0 Å². The van der Waals surface area contributed by atoms with Crippen molar-refractivity contribution in [3.8, 4) is 0 Å². The quantitative estimate of drug-likeness (QED) is 0.294. The average Bonchev–Trinajstić information content (AvgIpc) is 2.53. The molecule has 26 heavy (non-hydrogen) atoms. The van der Waals surface area contributed by atoms with Crippen LogP contribution in [0.1, 0.15) is 39.5 Å². The van der Waals surface area contributed by atoms with Crippen LogP contribution in [0.3, 0.4) is 0 Å². The molecule has 0 heterocycles. The Bertz CT molecular complexity index is 500. The number of carboxylic acid groups (broad SMARTS) is 2. The summed E-state index contributed by atoms with van der Waals surface area (Å²) in [5.74, 6) is -2.91. The van der Waals surface area contributed by atoms with E-state index < -0.39 is 41.9 Å². The maximum absolute atomic E-state index is 12.4. The predicted octanol–water partition coefficient (Wildman–Crippen LogP) is 0.0319. The van der Waals surface area contributed by atoms with E-state index in [-0.39, 0.29) is 25.2 Å². The Kier molecular flexibility index (Phi) is 11.7. The summed E-state index contributed by atoms with van der Waals surface area (Å²) in [5.41, 5.74) is 5.78. The maximum Gasteiger partial charge on any atom is 0.326 e. The summed E-state index contributed by atoms with van der Waals surface area (Å²) < 4.78 is 0. The van der Waals surface area contributed by atoms with Gasteiger partial charge < -0.3 is 26.6 Å². The Hall–Kier alpha value is -1.81. The van der Waals surface area contributed by atoms with E-state index >= 15 is 0 Å². The molecule has 0 unspecified atom stereocenters. The van der Waals surface area contributed by atoms with E-state index in [0.29, 0.717) is 12.2 Å². The van der Waals surface area contributed by atoms with Gasteiger partial charge in [0.05, 0.1) is 6.04 Å². The van der Waals surface area contributed by atoms with Gasteiger partial charge in [-0.3, -0.25) is 14.4 Å². The molecule has 0 aromatic carbocycles. The predicted molar refractivity (Wildman–Crippen MR) is 98.8 cm³/mol. The fourth-order valence-corrected chi connectivity index (χ4v) is 2.67. The molecule has 0 rings (SSSR count). The number of hydrogen-bond acceptors (Lipinski definition) is 6. The van der Waals surface area contributed by atoms with Crippen LogP contribution in [0.4, 0.5) is 0 Å². The molecule has 0 spiro atoms. The summed E-state index contributed by atoms with van der Waals surface area (Å²) in [5, 5.41) is 22.8. The molecule has 6 N–H and O–H groups in total. The molecule has 0 aliphatic carbocycles. The van der Waals surface area contributed by atoms with E-state index in [9.17, 15) is 24.3 Å². The maximum atomic E-state index is 12.4. The second kappa shape index (κ2) is 12.5. The molecule has 0 radical (unpaired) electrons. The van der Waals surface area contributed by atoms with Gasteiger partial charge >= 0.3 is 11.9 Å². The summed E-state index contributed by atoms with van der Waals surface area (Å²) in [6.07, 6.45) is 1.93. The topological polar surface area (TPSA) is 159 Å². The molecular weight excluding hydrogens is 362 g/mol. The van der Waals surface area contributed by atoms with Gasteiger partial charge in [-0.25, -0.2) is 4.79 Å². The highest BCUT2D eigenvalue weighted by atomic mass is 32.2. The third-order valence-electron chi connectivity index (χ3n) is 3.57. The molecule has 0 aromatic heterocycles. The van der Waals surface area contributed by atoms with E-state index in [1.807, 2.05) is 20.1 Å². The minimum absolute atomic E-state index is 0.157. The first-order chi connectivity index (χ1) is 12.1. The summed E-state index contributed by atoms with van der Waals surface area (Å²) in [6.45, 7) is 3.79. The number of amides is 2. The van der Waals surface area contributed by atoms with Gasteiger partial charge in [0.25, 0.3) is 0 Å². The number of thioether (sulfide) groups is 1. The summed E-state index contributed by atoms with van der Waals surface area (Å²) >= 11 is 1.44. The van der Waals surface area contributed by atoms with Crippen LogP contribution >= 0.6 is 11.8 Å². The first-order valence-electron chi connectivity index (χ1n) is 8.38. The molecule has 0 bridgehead atoms. The lowest BCUT2D eigenvalue weighted by Gasteiger charge is -2.23. The molecular formula is C16H29N3O6S. The first kappa shape index (κ1) is 24.2. The average molecular weight is 391 g/mol. The van der Waals surface area contributed by atoms with Crippen molar-refractivity contribution < 1.29 is 29.4 Å². The van der Waals surface area contributed by atoms with E-state index in [2.05, 4.69) is 10.6 Å². The van der Waals surface area contributed by atoms with E-state index in [0.717, 1.165) is 0 Å². The number of aliphatic carboxylic acids is 2. The lowest BCUT2D eigenvalue weighted by Crippen LogP contribution is -2.54. The molecule has 3 atom stereocenters. The van der Waals surface area contributed by atoms with Gasteiger partial charge in [0.15, 0.2) is 0 Å². The van der Waals surface area contributed by atoms with Gasteiger partial charge in [-0.05, 0) is 37.2 Å². The van der Waals surface area contributed by atoms with Gasteiger partial charge in [-0.1, -0.05) is 13.8 Å². The molecule has 2 amide bonds. The summed E-state index contributed by atoms with van der Waals surface area (Å²) in [7, 11) is 0. The Labute approximate surface area is 157 Å². The Morgan fingerprint density at radius 1 is 1.00 bits per heavy atom. The Morgan fingerprint density at radius 2 is 1.58 bits per heavy atom. The van der Waals surface area contributed by atoms with Gasteiger partial charge in [0.1, 0.15) is 12.1 Å². The normalized spacial score (nSPS) is 14.3. The number of carbonyl (C=O) groups is 4. The van der Waals surface area contributed by atoms with E-state index in [4.69, 9.17) is 10.8 Å². The van der Waals surface area contributed by atoms with Crippen LogP contribution in [-0.2, 0) is 19.2 Å². The van der Waals surface area contributed by atoms with Gasteiger partial charge in [-0.2, -0.15) is 11.8 Å². The zero-order valence-electron chi connectivity index (χ0n) is 15.4. The van der Waals surface area contributed by atoms with Crippen LogP contribution in [0, 0.1) is 5.92 Å². The zero-order chi connectivity index (χ0) is 20.3. The molecule has 10 heteroatoms. The highest BCUT2D eigenvalue weighted by molar-refractivity contribution is 7.98. The lowest BCUT2D eigenvalue weighted by molar-refractivity contribution is -0.143. The molecule has 0 fully saturated rings. The fraction of sp³-hybridized carbons (Fsp3) is 0.750. The second-order valence-corrected chi connectivity index (χ2v) is 7.40. The molecule has 0 saturated heterocycles. The van der Waals surface area contributed by atoms with Crippen molar-refractivity contribution in [2.75, 3.05) is 12.0 Å². The van der Waals surface area contributed by atoms with Crippen LogP contribution in [0.2, 0.25) is 0 Å². The number of hydrogen-bond donors (Lipinski definition) is 5. The highest BCUT2D eigenvalue weighted by Gasteiger charge is 2.28. The largest absolute Gasteiger partial charge is 0.481 e. The number of rotatable bonds is 13. The summed E-state index contributed by atoms with van der Waals surface area (Å²) in [4.78, 5) is 46.6. The third-order valence-corrected chi connectivity index (χ3v) is 4.21. The third kappa shape index (κ3) is 10.2. The standard InChI is InChI=1S/C16H29N3O6S/c1-9(2)8-10(17)14(22)18-11(4-5-13(20)21)15(23)19-12(16(24)25)6-7-26-3/h9-12H,4-8,17H2,1-3H3,(H,18,22)(H,19,23)(H,20,21)(H,24,25)/t10-,11-,12-/m0/s1.